The van der Waals surface area contributed by atoms with E-state index in [0.29, 0.717) is 0 Å². The third-order valence-corrected chi connectivity index (χ3v) is 2.79. The van der Waals surface area contributed by atoms with Gasteiger partial charge in [-0.1, -0.05) is 32.4 Å². The van der Waals surface area contributed by atoms with Crippen LogP contribution in [-0.4, -0.2) is 26.7 Å². The van der Waals surface area contributed by atoms with E-state index < -0.39 is 0 Å². The molecule has 0 bridgehead atoms. The van der Waals surface area contributed by atoms with Crippen LogP contribution in [-0.2, 0) is 6.42 Å². The lowest BCUT2D eigenvalue weighted by molar-refractivity contribution is 0.706. The smallest absolute Gasteiger partial charge is 0.0364 e. The molecule has 0 radical (unpaired) electrons. The molecule has 0 aliphatic carbocycles. The largest absolute Gasteiger partial charge is 0.373 e. The van der Waals surface area contributed by atoms with Gasteiger partial charge in [0.25, 0.3) is 0 Å². The minimum atomic E-state index is 1.04. The summed E-state index contributed by atoms with van der Waals surface area (Å²) in [6.07, 6.45) is 2.40. The van der Waals surface area contributed by atoms with Gasteiger partial charge in [0.15, 0.2) is 0 Å². The standard InChI is InChI=1S/C14H24N2/c1-4-6-13-7-9-14(10-8-13)16(3)12-11-15-5-2/h7-10,15H,4-6,11-12H2,1-3H3. The normalized spacial score (nSPS) is 10.4. The molecule has 0 atom stereocenters. The van der Waals surface area contributed by atoms with Gasteiger partial charge in [0.05, 0.1) is 0 Å². The molecule has 0 amide bonds. The molecule has 0 spiro atoms. The van der Waals surface area contributed by atoms with Crippen LogP contribution in [0.5, 0.6) is 0 Å². The molecule has 2 heteroatoms. The van der Waals surface area contributed by atoms with E-state index in [0.717, 1.165) is 19.6 Å². The summed E-state index contributed by atoms with van der Waals surface area (Å²) < 4.78 is 0. The number of rotatable bonds is 7. The number of nitrogens with one attached hydrogen (secondary N) is 1. The first-order valence-electron chi connectivity index (χ1n) is 6.28. The van der Waals surface area contributed by atoms with Gasteiger partial charge < -0.3 is 10.2 Å². The highest BCUT2D eigenvalue weighted by molar-refractivity contribution is 5.46. The van der Waals surface area contributed by atoms with E-state index in [2.05, 4.69) is 55.4 Å². The molecular formula is C14H24N2. The van der Waals surface area contributed by atoms with Gasteiger partial charge in [0, 0.05) is 25.8 Å². The lowest BCUT2D eigenvalue weighted by Crippen LogP contribution is -2.28. The highest BCUT2D eigenvalue weighted by Gasteiger charge is 1.99. The lowest BCUT2D eigenvalue weighted by atomic mass is 10.1. The zero-order valence-electron chi connectivity index (χ0n) is 10.8. The molecule has 16 heavy (non-hydrogen) atoms. The van der Waals surface area contributed by atoms with Gasteiger partial charge in [-0.05, 0) is 30.7 Å². The number of likely N-dealkylation sites (N-methyl/N-ethyl adjacent to an activating group) is 2. The summed E-state index contributed by atoms with van der Waals surface area (Å²) in [5, 5.41) is 3.34. The number of hydrogen-bond donors (Lipinski definition) is 1. The molecule has 1 rings (SSSR count). The average molecular weight is 220 g/mol. The monoisotopic (exact) mass is 220 g/mol. The Morgan fingerprint density at radius 2 is 1.81 bits per heavy atom. The molecule has 0 aromatic heterocycles. The summed E-state index contributed by atoms with van der Waals surface area (Å²) in [6.45, 7) is 7.50. The van der Waals surface area contributed by atoms with Gasteiger partial charge in [0.2, 0.25) is 0 Å². The highest BCUT2D eigenvalue weighted by Crippen LogP contribution is 2.14. The number of nitrogens with zero attached hydrogens (tertiary/aromatic N) is 1. The molecule has 0 unspecified atom stereocenters. The second-order valence-electron chi connectivity index (χ2n) is 4.19. The minimum Gasteiger partial charge on any atom is -0.373 e. The number of benzene rings is 1. The van der Waals surface area contributed by atoms with Crippen LogP contribution in [0.15, 0.2) is 24.3 Å². The Bertz CT molecular complexity index is 279. The van der Waals surface area contributed by atoms with Crippen LogP contribution in [0, 0.1) is 0 Å². The zero-order chi connectivity index (χ0) is 11.8. The van der Waals surface area contributed by atoms with Gasteiger partial charge in [-0.3, -0.25) is 0 Å². The van der Waals surface area contributed by atoms with Crippen LogP contribution < -0.4 is 10.2 Å². The average Bonchev–Trinajstić information content (AvgIpc) is 2.30. The fourth-order valence-corrected chi connectivity index (χ4v) is 1.76. The van der Waals surface area contributed by atoms with Crippen molar-refractivity contribution in [2.45, 2.75) is 26.7 Å². The Morgan fingerprint density at radius 3 is 2.38 bits per heavy atom. The van der Waals surface area contributed by atoms with Crippen molar-refractivity contribution in [3.05, 3.63) is 29.8 Å². The fraction of sp³-hybridized carbons (Fsp3) is 0.571. The van der Waals surface area contributed by atoms with E-state index in [1.54, 1.807) is 0 Å². The van der Waals surface area contributed by atoms with E-state index in [1.807, 2.05) is 0 Å². The van der Waals surface area contributed by atoms with Crippen molar-refractivity contribution in [2.75, 3.05) is 31.6 Å². The van der Waals surface area contributed by atoms with Gasteiger partial charge in [-0.15, -0.1) is 0 Å². The molecule has 0 saturated heterocycles. The molecular weight excluding hydrogens is 196 g/mol. The molecule has 2 nitrogen and oxygen atoms in total. The number of hydrogen-bond acceptors (Lipinski definition) is 2. The molecule has 1 N–H and O–H groups in total. The summed E-state index contributed by atoms with van der Waals surface area (Å²) in [5.74, 6) is 0. The third-order valence-electron chi connectivity index (χ3n) is 2.79. The molecule has 0 saturated carbocycles. The Balaban J connectivity index is 2.46. The van der Waals surface area contributed by atoms with Crippen molar-refractivity contribution in [3.63, 3.8) is 0 Å². The molecule has 1 aromatic carbocycles. The first-order chi connectivity index (χ1) is 7.77. The second-order valence-corrected chi connectivity index (χ2v) is 4.19. The summed E-state index contributed by atoms with van der Waals surface area (Å²) >= 11 is 0. The Morgan fingerprint density at radius 1 is 1.12 bits per heavy atom. The quantitative estimate of drug-likeness (QED) is 0.711. The lowest BCUT2D eigenvalue weighted by Gasteiger charge is -2.19. The molecule has 0 heterocycles. The Labute approximate surface area is 99.7 Å². The van der Waals surface area contributed by atoms with E-state index in [1.165, 1.54) is 24.1 Å². The van der Waals surface area contributed by atoms with Crippen LogP contribution in [0.3, 0.4) is 0 Å². The molecule has 0 aliphatic rings. The maximum atomic E-state index is 3.34. The van der Waals surface area contributed by atoms with E-state index in [4.69, 9.17) is 0 Å². The Hall–Kier alpha value is -1.02. The molecule has 0 aliphatic heterocycles. The molecule has 90 valence electrons. The van der Waals surface area contributed by atoms with E-state index in [-0.39, 0.29) is 0 Å². The van der Waals surface area contributed by atoms with E-state index >= 15 is 0 Å². The number of anilines is 1. The first-order valence-corrected chi connectivity index (χ1v) is 6.28. The SMILES string of the molecule is CCCc1ccc(N(C)CCNCC)cc1. The van der Waals surface area contributed by atoms with Crippen molar-refractivity contribution < 1.29 is 0 Å². The second kappa shape index (κ2) is 7.29. The topological polar surface area (TPSA) is 15.3 Å². The van der Waals surface area contributed by atoms with Crippen molar-refractivity contribution in [2.24, 2.45) is 0 Å². The maximum absolute atomic E-state index is 3.34. The van der Waals surface area contributed by atoms with E-state index in [9.17, 15) is 0 Å². The third kappa shape index (κ3) is 4.23. The summed E-state index contributed by atoms with van der Waals surface area (Å²) in [4.78, 5) is 2.29. The highest BCUT2D eigenvalue weighted by atomic mass is 15.1. The number of aryl methyl sites for hydroxylation is 1. The van der Waals surface area contributed by atoms with Crippen LogP contribution in [0.4, 0.5) is 5.69 Å². The predicted octanol–water partition coefficient (Wildman–Crippen LogP) is 2.68. The summed E-state index contributed by atoms with van der Waals surface area (Å²) in [7, 11) is 2.15. The van der Waals surface area contributed by atoms with Gasteiger partial charge in [-0.2, -0.15) is 0 Å². The van der Waals surface area contributed by atoms with Crippen LogP contribution in [0.1, 0.15) is 25.8 Å². The zero-order valence-corrected chi connectivity index (χ0v) is 10.8. The Kier molecular flexibility index (Phi) is 5.94. The molecule has 1 aromatic rings. The minimum absolute atomic E-state index is 1.04. The van der Waals surface area contributed by atoms with Gasteiger partial charge in [0.1, 0.15) is 0 Å². The van der Waals surface area contributed by atoms with Crippen LogP contribution in [0.25, 0.3) is 0 Å². The molecule has 0 fully saturated rings. The summed E-state index contributed by atoms with van der Waals surface area (Å²) in [5.41, 5.74) is 2.74. The maximum Gasteiger partial charge on any atom is 0.0364 e. The van der Waals surface area contributed by atoms with Crippen LogP contribution >= 0.6 is 0 Å². The van der Waals surface area contributed by atoms with Crippen LogP contribution in [0.2, 0.25) is 0 Å². The fourth-order valence-electron chi connectivity index (χ4n) is 1.76. The van der Waals surface area contributed by atoms with Gasteiger partial charge >= 0.3 is 0 Å². The van der Waals surface area contributed by atoms with Crippen molar-refractivity contribution >= 4 is 5.69 Å². The van der Waals surface area contributed by atoms with Crippen molar-refractivity contribution in [1.82, 2.24) is 5.32 Å². The van der Waals surface area contributed by atoms with Gasteiger partial charge in [-0.25, -0.2) is 0 Å². The van der Waals surface area contributed by atoms with Crippen molar-refractivity contribution in [3.8, 4) is 0 Å². The summed E-state index contributed by atoms with van der Waals surface area (Å²) in [6, 6.07) is 8.92. The predicted molar refractivity (Wildman–Crippen MR) is 72.3 cm³/mol. The first kappa shape index (κ1) is 13.0. The van der Waals surface area contributed by atoms with Crippen molar-refractivity contribution in [1.29, 1.82) is 0 Å².